The maximum Gasteiger partial charge on any atom is 0.139 e. The van der Waals surface area contributed by atoms with Crippen LogP contribution in [0.25, 0.3) is 83.6 Å². The fourth-order valence-corrected chi connectivity index (χ4v) is 12.1. The summed E-state index contributed by atoms with van der Waals surface area (Å²) in [4.78, 5) is 14.5. The van der Waals surface area contributed by atoms with E-state index in [0.717, 1.165) is 95.7 Å². The molecule has 0 aliphatic carbocycles. The zero-order chi connectivity index (χ0) is 45.5. The van der Waals surface area contributed by atoms with Crippen molar-refractivity contribution in [3.63, 3.8) is 0 Å². The van der Waals surface area contributed by atoms with Crippen LogP contribution in [0.5, 0.6) is 0 Å². The van der Waals surface area contributed by atoms with E-state index in [2.05, 4.69) is 195 Å². The Bertz CT molecular complexity index is 3230. The number of furan rings is 1. The molecule has 0 bridgehead atoms. The summed E-state index contributed by atoms with van der Waals surface area (Å²) in [7, 11) is 0. The molecule has 0 N–H and O–H groups in total. The number of aryl methyl sites for hydroxylation is 1. The van der Waals surface area contributed by atoms with E-state index in [-0.39, 0.29) is 25.5 Å². The van der Waals surface area contributed by atoms with Crippen molar-refractivity contribution in [1.82, 2.24) is 19.5 Å². The predicted octanol–water partition coefficient (Wildman–Crippen LogP) is 15.0. The van der Waals surface area contributed by atoms with Gasteiger partial charge >= 0.3 is 126 Å². The molecule has 6 aromatic carbocycles. The molecule has 5 nitrogen and oxygen atoms in total. The molecule has 0 saturated carbocycles. The number of nitrogens with zero attached hydrogens (tertiary/aromatic N) is 4. The Kier molecular flexibility index (Phi) is 13.5. The number of hydrogen-bond acceptors (Lipinski definition) is 4. The molecule has 0 amide bonds. The van der Waals surface area contributed by atoms with Crippen molar-refractivity contribution in [2.45, 2.75) is 70.6 Å². The summed E-state index contributed by atoms with van der Waals surface area (Å²) in [5.74, 6) is 8.77. The number of aromatic nitrogens is 4. The third-order valence-electron chi connectivity index (χ3n) is 12.0. The summed E-state index contributed by atoms with van der Waals surface area (Å²) in [6, 6.07) is 57.7. The van der Waals surface area contributed by atoms with Crippen LogP contribution in [0.4, 0.5) is 0 Å². The zero-order valence-electron chi connectivity index (χ0n) is 39.3. The van der Waals surface area contributed by atoms with Gasteiger partial charge in [0.05, 0.1) is 34.3 Å². The van der Waals surface area contributed by atoms with Crippen LogP contribution in [-0.2, 0) is 31.9 Å². The van der Waals surface area contributed by atoms with Gasteiger partial charge in [0.15, 0.2) is 0 Å². The molecule has 0 saturated heterocycles. The molecule has 7 heteroatoms. The van der Waals surface area contributed by atoms with Gasteiger partial charge in [0.25, 0.3) is 0 Å². The van der Waals surface area contributed by atoms with Crippen LogP contribution in [-0.4, -0.2) is 32.8 Å². The van der Waals surface area contributed by atoms with E-state index in [1.54, 1.807) is 4.40 Å². The fraction of sp³-hybridized carbons (Fsp3) is 0.203. The fourth-order valence-electron chi connectivity index (χ4n) is 8.80. The van der Waals surface area contributed by atoms with Gasteiger partial charge < -0.3 is 8.98 Å². The maximum absolute atomic E-state index is 6.53. The van der Waals surface area contributed by atoms with Gasteiger partial charge in [0, 0.05) is 42.3 Å². The first-order valence-electron chi connectivity index (χ1n) is 22.7. The summed E-state index contributed by atoms with van der Waals surface area (Å²) >= 11 is -1.86. The molecule has 0 fully saturated rings. The van der Waals surface area contributed by atoms with Crippen LogP contribution in [0, 0.1) is 25.0 Å². The average molecular weight is 1100 g/mol. The van der Waals surface area contributed by atoms with Gasteiger partial charge in [-0.3, -0.25) is 9.97 Å². The minimum atomic E-state index is -1.86. The van der Waals surface area contributed by atoms with Crippen molar-refractivity contribution in [2.24, 2.45) is 5.92 Å². The second kappa shape index (κ2) is 19.1. The molecule has 66 heavy (non-hydrogen) atoms. The first-order valence-corrected chi connectivity index (χ1v) is 30.0. The third kappa shape index (κ3) is 9.51. The SMILES string of the molecule is CC(C)Cc1cc(-c2[c-]cccc2)nc[c]1[Ge]([CH3])([CH3])[CH3].Cc1cc2c(cn1)oc1c(-c3nc4ccccc4n3-c3c(-c4ccccc4)cc(C(C)(C)C)cc3-c3ccccc3)[c-]ccc12.[Ir]. The number of para-hydroxylation sites is 2. The quantitative estimate of drug-likeness (QED) is 0.112. The Labute approximate surface area is 406 Å². The van der Waals surface area contributed by atoms with Crippen molar-refractivity contribution < 1.29 is 24.5 Å². The van der Waals surface area contributed by atoms with E-state index in [0.29, 0.717) is 5.92 Å². The zero-order valence-corrected chi connectivity index (χ0v) is 43.8. The van der Waals surface area contributed by atoms with Gasteiger partial charge in [0.1, 0.15) is 5.58 Å². The van der Waals surface area contributed by atoms with Crippen molar-refractivity contribution in [1.29, 1.82) is 0 Å². The van der Waals surface area contributed by atoms with Gasteiger partial charge in [-0.25, -0.2) is 0 Å². The van der Waals surface area contributed by atoms with Gasteiger partial charge in [-0.1, -0.05) is 105 Å². The Morgan fingerprint density at radius 1 is 0.697 bits per heavy atom. The van der Waals surface area contributed by atoms with E-state index in [9.17, 15) is 0 Å². The van der Waals surface area contributed by atoms with E-state index in [4.69, 9.17) is 14.4 Å². The van der Waals surface area contributed by atoms with Crippen molar-refractivity contribution in [3.8, 4) is 50.6 Å². The van der Waals surface area contributed by atoms with Crippen LogP contribution < -0.4 is 4.40 Å². The van der Waals surface area contributed by atoms with E-state index in [1.165, 1.54) is 11.1 Å². The van der Waals surface area contributed by atoms with Gasteiger partial charge in [0.2, 0.25) is 0 Å². The number of benzene rings is 6. The molecule has 4 aromatic heterocycles. The molecule has 10 rings (SSSR count). The molecular weight excluding hydrogens is 1050 g/mol. The molecule has 0 spiro atoms. The smallest absolute Gasteiger partial charge is 0.139 e. The normalized spacial score (nSPS) is 11.8. The molecule has 333 valence electrons. The first kappa shape index (κ1) is 46.6. The Hall–Kier alpha value is -5.92. The number of rotatable bonds is 8. The van der Waals surface area contributed by atoms with Gasteiger partial charge in [-0.2, -0.15) is 0 Å². The van der Waals surface area contributed by atoms with Crippen molar-refractivity contribution in [3.05, 3.63) is 187 Å². The summed E-state index contributed by atoms with van der Waals surface area (Å²) in [6.07, 6.45) is 5.08. The maximum atomic E-state index is 6.53. The first-order chi connectivity index (χ1) is 31.2. The van der Waals surface area contributed by atoms with E-state index in [1.807, 2.05) is 43.5 Å². The van der Waals surface area contributed by atoms with Crippen LogP contribution in [0.1, 0.15) is 51.4 Å². The molecule has 0 atom stereocenters. The average Bonchev–Trinajstić information content (AvgIpc) is 3.87. The Morgan fingerprint density at radius 2 is 1.35 bits per heavy atom. The Balaban J connectivity index is 0.000000238. The summed E-state index contributed by atoms with van der Waals surface area (Å²) < 4.78 is 10.4. The van der Waals surface area contributed by atoms with Crippen LogP contribution >= 0.6 is 0 Å². The van der Waals surface area contributed by atoms with Crippen LogP contribution in [0.3, 0.4) is 0 Å². The van der Waals surface area contributed by atoms with Gasteiger partial charge in [-0.05, 0) is 59.4 Å². The van der Waals surface area contributed by atoms with Gasteiger partial charge in [-0.15, -0.1) is 18.2 Å². The van der Waals surface area contributed by atoms with Crippen LogP contribution in [0.2, 0.25) is 17.3 Å². The number of pyridine rings is 2. The summed E-state index contributed by atoms with van der Waals surface area (Å²) in [6.45, 7) is 13.4. The predicted molar refractivity (Wildman–Crippen MR) is 275 cm³/mol. The number of imidazole rings is 1. The standard InChI is InChI=1S/C41H32N3O.C18H24GeN.Ir/c1-26-22-34-30-18-13-19-31(39(30)45-37(34)25-42-26)40-43-35-20-11-12-21-36(35)44(40)38-32(27-14-7-5-8-15-27)23-29(41(2,3)4)24-33(38)28-16-9-6-10-17-28;1-14(2)11-16-12-18(15-9-7-6-8-10-15)20-13-17(16)19(3,4)5;/h5-18,20-25H,1-4H3;6-9,12-14H,11H2,1-5H3;/q2*-1;. The summed E-state index contributed by atoms with van der Waals surface area (Å²) in [5.41, 5.74) is 15.7. The minimum Gasteiger partial charge on any atom is -0.499 e. The largest absolute Gasteiger partial charge is 0.499 e. The van der Waals surface area contributed by atoms with Crippen molar-refractivity contribution >= 4 is 50.6 Å². The second-order valence-electron chi connectivity index (χ2n) is 19.5. The molecule has 0 aliphatic heterocycles. The van der Waals surface area contributed by atoms with E-state index < -0.39 is 13.3 Å². The third-order valence-corrected chi connectivity index (χ3v) is 16.4. The molecule has 0 aliphatic rings. The molecule has 1 radical (unpaired) electrons. The molecule has 0 unspecified atom stereocenters. The topological polar surface area (TPSA) is 56.7 Å². The number of hydrogen-bond donors (Lipinski definition) is 0. The second-order valence-corrected chi connectivity index (χ2v) is 30.1. The Morgan fingerprint density at radius 3 is 1.97 bits per heavy atom. The number of fused-ring (bicyclic) bond motifs is 4. The van der Waals surface area contributed by atoms with E-state index >= 15 is 0 Å². The molecular formula is C59H56GeIrN4O-2. The van der Waals surface area contributed by atoms with Crippen molar-refractivity contribution in [2.75, 3.05) is 0 Å². The minimum absolute atomic E-state index is 0. The molecule has 10 aromatic rings. The summed E-state index contributed by atoms with van der Waals surface area (Å²) in [5, 5.41) is 2.07. The van der Waals surface area contributed by atoms with Crippen LogP contribution in [0.15, 0.2) is 162 Å². The molecule has 4 heterocycles. The monoisotopic (exact) mass is 1100 g/mol.